The van der Waals surface area contributed by atoms with Gasteiger partial charge in [0.2, 0.25) is 10.0 Å². The summed E-state index contributed by atoms with van der Waals surface area (Å²) in [6.45, 7) is -0.118. The maximum absolute atomic E-state index is 11.8. The van der Waals surface area contributed by atoms with E-state index in [1.54, 1.807) is 29.3 Å². The molecule has 0 amide bonds. The highest BCUT2D eigenvalue weighted by molar-refractivity contribution is 7.89. The predicted molar refractivity (Wildman–Crippen MR) is 123 cm³/mol. The van der Waals surface area contributed by atoms with Crippen molar-refractivity contribution >= 4 is 15.7 Å². The molecule has 33 heavy (non-hydrogen) atoms. The second-order valence-electron chi connectivity index (χ2n) is 7.48. The zero-order chi connectivity index (χ0) is 23.0. The molecule has 1 aromatic carbocycles. The van der Waals surface area contributed by atoms with Crippen LogP contribution in [0, 0.1) is 0 Å². The lowest BCUT2D eigenvalue weighted by Crippen LogP contribution is -2.12. The standard InChI is InChI=1S/C23H20N6O3S/c24-33(31,32)19-3-4-20(16(12-19)7-11-30)18-2-5-22-26-14-21(28(22)15-18)17-6-9-25-23(13-17)29-10-1-8-27-29/h1-6,8-10,12-15,30H,7,11H2,(H2,24,31,32). The molecule has 166 valence electrons. The van der Waals surface area contributed by atoms with E-state index >= 15 is 0 Å². The number of rotatable bonds is 6. The summed E-state index contributed by atoms with van der Waals surface area (Å²) in [5, 5.41) is 19.0. The molecule has 0 atom stereocenters. The van der Waals surface area contributed by atoms with Crippen LogP contribution in [-0.2, 0) is 16.4 Å². The number of aliphatic hydroxyl groups is 1. The Bertz CT molecular complexity index is 1560. The minimum absolute atomic E-state index is 0.0158. The molecule has 0 bridgehead atoms. The third-order valence-electron chi connectivity index (χ3n) is 5.38. The summed E-state index contributed by atoms with van der Waals surface area (Å²) in [5.74, 6) is 0.687. The van der Waals surface area contributed by atoms with Gasteiger partial charge < -0.3 is 5.11 Å². The van der Waals surface area contributed by atoms with Gasteiger partial charge in [0, 0.05) is 37.0 Å². The molecule has 10 heteroatoms. The smallest absolute Gasteiger partial charge is 0.238 e. The molecule has 0 saturated carbocycles. The molecule has 5 aromatic rings. The Balaban J connectivity index is 1.62. The maximum Gasteiger partial charge on any atom is 0.238 e. The number of hydrogen-bond acceptors (Lipinski definition) is 6. The highest BCUT2D eigenvalue weighted by Gasteiger charge is 2.14. The van der Waals surface area contributed by atoms with Crippen LogP contribution >= 0.6 is 0 Å². The number of nitrogens with two attached hydrogens (primary N) is 1. The van der Waals surface area contributed by atoms with Crippen LogP contribution in [0.3, 0.4) is 0 Å². The second kappa shape index (κ2) is 8.24. The van der Waals surface area contributed by atoms with Gasteiger partial charge in [0.05, 0.1) is 16.8 Å². The molecule has 4 heterocycles. The molecule has 3 N–H and O–H groups in total. The zero-order valence-electron chi connectivity index (χ0n) is 17.4. The van der Waals surface area contributed by atoms with Gasteiger partial charge in [-0.15, -0.1) is 0 Å². The van der Waals surface area contributed by atoms with Crippen LogP contribution in [0.15, 0.2) is 84.4 Å². The van der Waals surface area contributed by atoms with Gasteiger partial charge in [0.25, 0.3) is 0 Å². The third kappa shape index (κ3) is 4.02. The first-order valence-corrected chi connectivity index (χ1v) is 11.7. The number of benzene rings is 1. The Kier molecular flexibility index (Phi) is 5.25. The molecule has 0 saturated heterocycles. The van der Waals surface area contributed by atoms with Crippen molar-refractivity contribution in [3.8, 4) is 28.2 Å². The molecular weight excluding hydrogens is 440 g/mol. The number of fused-ring (bicyclic) bond motifs is 1. The van der Waals surface area contributed by atoms with Gasteiger partial charge in [-0.25, -0.2) is 28.2 Å². The van der Waals surface area contributed by atoms with E-state index in [2.05, 4.69) is 15.1 Å². The molecule has 0 fully saturated rings. The first-order valence-electron chi connectivity index (χ1n) is 10.1. The van der Waals surface area contributed by atoms with Crippen molar-refractivity contribution < 1.29 is 13.5 Å². The lowest BCUT2D eigenvalue weighted by atomic mass is 9.99. The summed E-state index contributed by atoms with van der Waals surface area (Å²) in [7, 11) is -3.84. The van der Waals surface area contributed by atoms with Crippen LogP contribution in [0.25, 0.3) is 33.8 Å². The van der Waals surface area contributed by atoms with Gasteiger partial charge in [-0.2, -0.15) is 5.10 Å². The van der Waals surface area contributed by atoms with Crippen molar-refractivity contribution in [2.75, 3.05) is 6.61 Å². The monoisotopic (exact) mass is 460 g/mol. The molecule has 0 aliphatic heterocycles. The average molecular weight is 461 g/mol. The Hall–Kier alpha value is -3.86. The number of aliphatic hydroxyl groups excluding tert-OH is 1. The summed E-state index contributed by atoms with van der Waals surface area (Å²) >= 11 is 0. The number of primary sulfonamides is 1. The quantitative estimate of drug-likeness (QED) is 0.400. The van der Waals surface area contributed by atoms with Crippen molar-refractivity contribution in [2.24, 2.45) is 5.14 Å². The van der Waals surface area contributed by atoms with E-state index in [-0.39, 0.29) is 11.5 Å². The van der Waals surface area contributed by atoms with Gasteiger partial charge in [0.1, 0.15) is 5.65 Å². The zero-order valence-corrected chi connectivity index (χ0v) is 18.2. The first-order chi connectivity index (χ1) is 15.9. The topological polar surface area (TPSA) is 128 Å². The molecule has 5 rings (SSSR count). The van der Waals surface area contributed by atoms with Gasteiger partial charge >= 0.3 is 0 Å². The largest absolute Gasteiger partial charge is 0.396 e. The molecule has 4 aromatic heterocycles. The maximum atomic E-state index is 11.8. The molecule has 9 nitrogen and oxygen atoms in total. The first kappa shape index (κ1) is 21.0. The van der Waals surface area contributed by atoms with Crippen molar-refractivity contribution in [1.82, 2.24) is 24.1 Å². The summed E-state index contributed by atoms with van der Waals surface area (Å²) in [4.78, 5) is 8.91. The van der Waals surface area contributed by atoms with E-state index in [0.29, 0.717) is 17.8 Å². The lowest BCUT2D eigenvalue weighted by molar-refractivity contribution is 0.299. The van der Waals surface area contributed by atoms with E-state index in [1.165, 1.54) is 12.1 Å². The summed E-state index contributed by atoms with van der Waals surface area (Å²) < 4.78 is 27.2. The Morgan fingerprint density at radius 3 is 2.64 bits per heavy atom. The summed E-state index contributed by atoms with van der Waals surface area (Å²) in [5.41, 5.74) is 4.90. The van der Waals surface area contributed by atoms with Crippen molar-refractivity contribution in [1.29, 1.82) is 0 Å². The molecule has 0 aliphatic carbocycles. The Morgan fingerprint density at radius 2 is 1.88 bits per heavy atom. The molecule has 0 unspecified atom stereocenters. The minimum atomic E-state index is -3.84. The van der Waals surface area contributed by atoms with E-state index in [9.17, 15) is 13.5 Å². The summed E-state index contributed by atoms with van der Waals surface area (Å²) in [6.07, 6.45) is 9.27. The fourth-order valence-corrected chi connectivity index (χ4v) is 4.38. The van der Waals surface area contributed by atoms with Crippen molar-refractivity contribution in [3.05, 3.63) is 85.1 Å². The van der Waals surface area contributed by atoms with Crippen LogP contribution in [0.4, 0.5) is 0 Å². The van der Waals surface area contributed by atoms with Crippen LogP contribution in [-0.4, -0.2) is 44.3 Å². The van der Waals surface area contributed by atoms with Crippen LogP contribution in [0.5, 0.6) is 0 Å². The Morgan fingerprint density at radius 1 is 1.00 bits per heavy atom. The number of sulfonamides is 1. The fourth-order valence-electron chi connectivity index (χ4n) is 3.82. The molecule has 0 spiro atoms. The fraction of sp³-hybridized carbons (Fsp3) is 0.0870. The molecular formula is C23H20N6O3S. The van der Waals surface area contributed by atoms with Gasteiger partial charge in [-0.3, -0.25) is 4.40 Å². The number of aromatic nitrogens is 5. The number of hydrogen-bond donors (Lipinski definition) is 2. The van der Waals surface area contributed by atoms with Gasteiger partial charge in [-0.1, -0.05) is 6.07 Å². The number of pyridine rings is 2. The summed E-state index contributed by atoms with van der Waals surface area (Å²) in [6, 6.07) is 14.2. The minimum Gasteiger partial charge on any atom is -0.396 e. The SMILES string of the molecule is NS(=O)(=O)c1ccc(-c2ccc3ncc(-c4ccnc(-n5cccn5)c4)n3c2)c(CCO)c1. The highest BCUT2D eigenvalue weighted by atomic mass is 32.2. The van der Waals surface area contributed by atoms with E-state index in [0.717, 1.165) is 28.0 Å². The van der Waals surface area contributed by atoms with E-state index < -0.39 is 10.0 Å². The molecule has 0 aliphatic rings. The predicted octanol–water partition coefficient (Wildman–Crippen LogP) is 2.43. The third-order valence-corrected chi connectivity index (χ3v) is 6.29. The lowest BCUT2D eigenvalue weighted by Gasteiger charge is -2.12. The average Bonchev–Trinajstić information content (AvgIpc) is 3.49. The van der Waals surface area contributed by atoms with E-state index in [4.69, 9.17) is 5.14 Å². The molecule has 0 radical (unpaired) electrons. The number of imidazole rings is 1. The van der Waals surface area contributed by atoms with Crippen molar-refractivity contribution in [2.45, 2.75) is 11.3 Å². The Labute approximate surface area is 189 Å². The van der Waals surface area contributed by atoms with Crippen LogP contribution in [0.2, 0.25) is 0 Å². The second-order valence-corrected chi connectivity index (χ2v) is 9.04. The van der Waals surface area contributed by atoms with Gasteiger partial charge in [-0.05, 0) is 65.6 Å². The van der Waals surface area contributed by atoms with Gasteiger partial charge in [0.15, 0.2) is 5.82 Å². The highest BCUT2D eigenvalue weighted by Crippen LogP contribution is 2.29. The van der Waals surface area contributed by atoms with E-state index in [1.807, 2.05) is 47.1 Å². The van der Waals surface area contributed by atoms with Crippen LogP contribution < -0.4 is 5.14 Å². The van der Waals surface area contributed by atoms with Crippen LogP contribution in [0.1, 0.15) is 5.56 Å². The number of nitrogens with zero attached hydrogens (tertiary/aromatic N) is 5. The normalized spacial score (nSPS) is 11.8. The van der Waals surface area contributed by atoms with Crippen molar-refractivity contribution in [3.63, 3.8) is 0 Å².